The topological polar surface area (TPSA) is 47.9 Å². The van der Waals surface area contributed by atoms with E-state index >= 15 is 0 Å². The number of nitrogens with zero attached hydrogens (tertiary/aromatic N) is 1. The van der Waals surface area contributed by atoms with Crippen LogP contribution in [0.1, 0.15) is 47.2 Å². The second kappa shape index (κ2) is 11.0. The first-order chi connectivity index (χ1) is 20.2. The molecule has 0 radical (unpaired) electrons. The highest BCUT2D eigenvalue weighted by atomic mass is 19.4. The lowest BCUT2D eigenvalue weighted by Crippen LogP contribution is -2.23. The van der Waals surface area contributed by atoms with E-state index in [1.165, 1.54) is 30.3 Å². The number of carbonyl (C=O) groups excluding carboxylic acids is 1. The highest BCUT2D eigenvalue weighted by Crippen LogP contribution is 2.41. The van der Waals surface area contributed by atoms with E-state index in [2.05, 4.69) is 9.73 Å². The molecule has 4 nitrogen and oxygen atoms in total. The summed E-state index contributed by atoms with van der Waals surface area (Å²) in [6.07, 6.45) is -3.75. The van der Waals surface area contributed by atoms with Gasteiger partial charge in [-0.05, 0) is 64.9 Å². The van der Waals surface area contributed by atoms with Crippen molar-refractivity contribution in [2.75, 3.05) is 0 Å². The van der Waals surface area contributed by atoms with E-state index in [0.29, 0.717) is 23.1 Å². The summed E-state index contributed by atoms with van der Waals surface area (Å²) in [7, 11) is 0. The van der Waals surface area contributed by atoms with Crippen molar-refractivity contribution in [2.45, 2.75) is 37.8 Å². The molecule has 0 N–H and O–H groups in total. The number of esters is 1. The summed E-state index contributed by atoms with van der Waals surface area (Å²) in [5, 5.41) is 0. The predicted molar refractivity (Wildman–Crippen MR) is 146 cm³/mol. The molecule has 0 bridgehead atoms. The maximum atomic E-state index is 14.7. The third kappa shape index (κ3) is 5.64. The number of aliphatic imine (C=N–C) groups is 1. The standard InChI is InChI=1S/C33H24F5NO3/c34-26-6-3-7-27(35)30(26)28-18-25(32(40)41-29-17-14-21-4-1-2-5-24(21)29)31(39-28)22-10-8-19(9-11-22)20-12-15-23(16-13-20)42-33(36,37)38/h1-13,15-16,25,29,31H,14,17-18H2. The minimum atomic E-state index is -4.78. The molecule has 6 rings (SSSR count). The molecule has 4 aromatic rings. The Morgan fingerprint density at radius 3 is 2.12 bits per heavy atom. The third-order valence-electron chi connectivity index (χ3n) is 7.65. The summed E-state index contributed by atoms with van der Waals surface area (Å²) in [5.74, 6) is -3.17. The molecule has 0 saturated carbocycles. The molecule has 3 unspecified atom stereocenters. The maximum Gasteiger partial charge on any atom is 0.573 e. The van der Waals surface area contributed by atoms with Gasteiger partial charge in [-0.1, -0.05) is 66.7 Å². The number of aryl methyl sites for hydroxylation is 1. The van der Waals surface area contributed by atoms with Gasteiger partial charge in [0.1, 0.15) is 23.5 Å². The molecule has 1 heterocycles. The van der Waals surface area contributed by atoms with Gasteiger partial charge in [-0.15, -0.1) is 13.2 Å². The highest BCUT2D eigenvalue weighted by molar-refractivity contribution is 6.04. The Hall–Kier alpha value is -4.53. The number of halogens is 5. The van der Waals surface area contributed by atoms with E-state index in [1.54, 1.807) is 24.3 Å². The number of carbonyl (C=O) groups is 1. The van der Waals surface area contributed by atoms with Gasteiger partial charge in [0.05, 0.1) is 17.5 Å². The van der Waals surface area contributed by atoms with Gasteiger partial charge in [0, 0.05) is 12.1 Å². The van der Waals surface area contributed by atoms with E-state index in [-0.39, 0.29) is 23.4 Å². The molecule has 0 amide bonds. The van der Waals surface area contributed by atoms with Crippen molar-refractivity contribution in [3.8, 4) is 16.9 Å². The molecule has 1 aliphatic heterocycles. The van der Waals surface area contributed by atoms with Crippen LogP contribution in [0.5, 0.6) is 5.75 Å². The molecule has 0 saturated heterocycles. The van der Waals surface area contributed by atoms with Crippen LogP contribution in [-0.2, 0) is 16.0 Å². The fraction of sp³-hybridized carbons (Fsp3) is 0.212. The zero-order chi connectivity index (χ0) is 29.4. The first kappa shape index (κ1) is 27.6. The number of hydrogen-bond donors (Lipinski definition) is 0. The van der Waals surface area contributed by atoms with Gasteiger partial charge < -0.3 is 9.47 Å². The Balaban J connectivity index is 1.28. The molecule has 3 atom stereocenters. The summed E-state index contributed by atoms with van der Waals surface area (Å²) in [6, 6.07) is 23.0. The van der Waals surface area contributed by atoms with Crippen molar-refractivity contribution in [1.29, 1.82) is 0 Å². The number of benzene rings is 4. The normalized spacial score (nSPS) is 19.7. The second-order valence-electron chi connectivity index (χ2n) is 10.3. The van der Waals surface area contributed by atoms with Crippen LogP contribution in [0.3, 0.4) is 0 Å². The smallest absolute Gasteiger partial charge is 0.457 e. The van der Waals surface area contributed by atoms with Crippen molar-refractivity contribution >= 4 is 11.7 Å². The minimum absolute atomic E-state index is 0.00185. The Labute approximate surface area is 238 Å². The van der Waals surface area contributed by atoms with E-state index in [4.69, 9.17) is 4.74 Å². The monoisotopic (exact) mass is 577 g/mol. The van der Waals surface area contributed by atoms with Crippen molar-refractivity contribution in [1.82, 2.24) is 0 Å². The summed E-state index contributed by atoms with van der Waals surface area (Å²) >= 11 is 0. The van der Waals surface area contributed by atoms with Gasteiger partial charge in [0.25, 0.3) is 0 Å². The quantitative estimate of drug-likeness (QED) is 0.171. The molecule has 214 valence electrons. The SMILES string of the molecule is O=C(OC1CCc2ccccc21)C1CC(c2c(F)cccc2F)=NC1c1ccc(-c2ccc(OC(F)(F)F)cc2)cc1. The average molecular weight is 578 g/mol. The van der Waals surface area contributed by atoms with Gasteiger partial charge >= 0.3 is 12.3 Å². The first-order valence-electron chi connectivity index (χ1n) is 13.4. The molecular weight excluding hydrogens is 553 g/mol. The Morgan fingerprint density at radius 2 is 1.45 bits per heavy atom. The number of hydrogen-bond acceptors (Lipinski definition) is 4. The van der Waals surface area contributed by atoms with Crippen LogP contribution < -0.4 is 4.74 Å². The summed E-state index contributed by atoms with van der Waals surface area (Å²) < 4.78 is 76.8. The van der Waals surface area contributed by atoms with E-state index < -0.39 is 42.0 Å². The van der Waals surface area contributed by atoms with Gasteiger partial charge in [-0.3, -0.25) is 9.79 Å². The van der Waals surface area contributed by atoms with Crippen LogP contribution in [0.2, 0.25) is 0 Å². The van der Waals surface area contributed by atoms with Crippen molar-refractivity contribution < 1.29 is 36.2 Å². The van der Waals surface area contributed by atoms with Gasteiger partial charge in [-0.25, -0.2) is 8.78 Å². The molecule has 9 heteroatoms. The summed E-state index contributed by atoms with van der Waals surface area (Å²) in [4.78, 5) is 18.2. The largest absolute Gasteiger partial charge is 0.573 e. The summed E-state index contributed by atoms with van der Waals surface area (Å²) in [5.41, 5.74) is 3.96. The van der Waals surface area contributed by atoms with Crippen LogP contribution >= 0.6 is 0 Å². The molecule has 0 aromatic heterocycles. The van der Waals surface area contributed by atoms with E-state index in [9.17, 15) is 26.7 Å². The van der Waals surface area contributed by atoms with E-state index in [1.807, 2.05) is 24.3 Å². The van der Waals surface area contributed by atoms with Gasteiger partial charge in [0.15, 0.2) is 0 Å². The molecule has 42 heavy (non-hydrogen) atoms. The third-order valence-corrected chi connectivity index (χ3v) is 7.65. The molecule has 0 spiro atoms. The number of alkyl halides is 3. The number of ether oxygens (including phenoxy) is 2. The van der Waals surface area contributed by atoms with Crippen LogP contribution in [0.15, 0.2) is 96.0 Å². The van der Waals surface area contributed by atoms with Crippen LogP contribution in [-0.4, -0.2) is 18.0 Å². The molecular formula is C33H24F5NO3. The molecule has 1 aliphatic carbocycles. The van der Waals surface area contributed by atoms with Crippen LogP contribution in [0, 0.1) is 17.6 Å². The fourth-order valence-corrected chi connectivity index (χ4v) is 5.68. The maximum absolute atomic E-state index is 14.7. The number of fused-ring (bicyclic) bond motifs is 1. The zero-order valence-electron chi connectivity index (χ0n) is 22.1. The summed E-state index contributed by atoms with van der Waals surface area (Å²) in [6.45, 7) is 0. The lowest BCUT2D eigenvalue weighted by molar-refractivity contribution is -0.274. The van der Waals surface area contributed by atoms with Crippen molar-refractivity contribution in [3.63, 3.8) is 0 Å². The first-order valence-corrected chi connectivity index (χ1v) is 13.4. The predicted octanol–water partition coefficient (Wildman–Crippen LogP) is 8.31. The van der Waals surface area contributed by atoms with Crippen LogP contribution in [0.25, 0.3) is 11.1 Å². The number of rotatable bonds is 6. The fourth-order valence-electron chi connectivity index (χ4n) is 5.68. The van der Waals surface area contributed by atoms with Gasteiger partial charge in [-0.2, -0.15) is 0 Å². The molecule has 4 aromatic carbocycles. The van der Waals surface area contributed by atoms with Crippen LogP contribution in [0.4, 0.5) is 22.0 Å². The molecule has 2 aliphatic rings. The molecule has 0 fully saturated rings. The highest BCUT2D eigenvalue weighted by Gasteiger charge is 2.40. The van der Waals surface area contributed by atoms with Gasteiger partial charge in [0.2, 0.25) is 0 Å². The van der Waals surface area contributed by atoms with Crippen molar-refractivity contribution in [3.05, 3.63) is 125 Å². The second-order valence-corrected chi connectivity index (χ2v) is 10.3. The zero-order valence-corrected chi connectivity index (χ0v) is 22.1. The van der Waals surface area contributed by atoms with Crippen molar-refractivity contribution in [2.24, 2.45) is 10.9 Å². The minimum Gasteiger partial charge on any atom is -0.457 e. The lowest BCUT2D eigenvalue weighted by Gasteiger charge is -2.21. The Morgan fingerprint density at radius 1 is 0.810 bits per heavy atom. The Kier molecular flexibility index (Phi) is 7.26. The average Bonchev–Trinajstić information content (AvgIpc) is 3.58. The van der Waals surface area contributed by atoms with E-state index in [0.717, 1.165) is 29.7 Å². The lowest BCUT2D eigenvalue weighted by atomic mass is 9.90. The Bertz CT molecular complexity index is 1630.